The lowest BCUT2D eigenvalue weighted by molar-refractivity contribution is -0.158. The Morgan fingerprint density at radius 2 is 1.46 bits per heavy atom. The maximum atomic E-state index is 13.2. The molecule has 3 saturated carbocycles. The maximum absolute atomic E-state index is 13.2. The molecule has 1 atom stereocenters. The summed E-state index contributed by atoms with van der Waals surface area (Å²) in [4.78, 5) is 30.6. The fraction of sp³-hybridized carbons (Fsp3) is 0.917. The molecule has 0 aromatic rings. The fourth-order valence-electron chi connectivity index (χ4n) is 6.64. The second-order valence-corrected chi connectivity index (χ2v) is 10.4. The highest BCUT2D eigenvalue weighted by Crippen LogP contribution is 2.51. The Hall–Kier alpha value is -1.06. The molecule has 3 heterocycles. The van der Waals surface area contributed by atoms with Crippen LogP contribution in [-0.4, -0.2) is 46.8 Å². The van der Waals surface area contributed by atoms with Crippen LogP contribution in [0.1, 0.15) is 89.9 Å². The molecule has 3 saturated heterocycles. The van der Waals surface area contributed by atoms with Gasteiger partial charge in [-0.2, -0.15) is 0 Å². The molecule has 3 aliphatic heterocycles. The quantitative estimate of drug-likeness (QED) is 0.581. The number of rotatable bonds is 8. The number of carbonyl (C=O) groups is 2. The summed E-state index contributed by atoms with van der Waals surface area (Å²) >= 11 is 0. The van der Waals surface area contributed by atoms with Crippen LogP contribution in [0, 0.1) is 23.7 Å². The summed E-state index contributed by atoms with van der Waals surface area (Å²) in [5.74, 6) is 3.96. The van der Waals surface area contributed by atoms with Gasteiger partial charge in [-0.3, -0.25) is 9.59 Å². The zero-order chi connectivity index (χ0) is 19.1. The van der Waals surface area contributed by atoms with Crippen LogP contribution < -0.4 is 0 Å². The van der Waals surface area contributed by atoms with E-state index in [1.54, 1.807) is 0 Å². The van der Waals surface area contributed by atoms with Gasteiger partial charge in [0.1, 0.15) is 6.04 Å². The van der Waals surface area contributed by atoms with Crippen molar-refractivity contribution >= 4 is 11.8 Å². The monoisotopic (exact) mass is 386 g/mol. The third kappa shape index (κ3) is 3.85. The molecule has 4 heteroatoms. The maximum Gasteiger partial charge on any atom is 0.245 e. The third-order valence-electron chi connectivity index (χ3n) is 8.47. The minimum absolute atomic E-state index is 0.135. The molecule has 6 fully saturated rings. The van der Waals surface area contributed by atoms with Gasteiger partial charge in [0, 0.05) is 25.6 Å². The van der Waals surface area contributed by atoms with Crippen molar-refractivity contribution in [2.75, 3.05) is 13.1 Å². The molecule has 4 nitrogen and oxygen atoms in total. The van der Waals surface area contributed by atoms with E-state index in [1.165, 1.54) is 38.5 Å². The molecule has 2 bridgehead atoms. The van der Waals surface area contributed by atoms with Gasteiger partial charge in [0.2, 0.25) is 11.8 Å². The van der Waals surface area contributed by atoms with Gasteiger partial charge in [0.25, 0.3) is 0 Å². The summed E-state index contributed by atoms with van der Waals surface area (Å²) in [7, 11) is 0. The van der Waals surface area contributed by atoms with Crippen molar-refractivity contribution in [2.45, 2.75) is 102 Å². The van der Waals surface area contributed by atoms with E-state index in [9.17, 15) is 9.59 Å². The molecule has 28 heavy (non-hydrogen) atoms. The van der Waals surface area contributed by atoms with Crippen molar-refractivity contribution in [3.8, 4) is 0 Å². The van der Waals surface area contributed by atoms with Crippen LogP contribution in [0.5, 0.6) is 0 Å². The number of carbonyl (C=O) groups excluding carboxylic acids is 2. The van der Waals surface area contributed by atoms with Gasteiger partial charge in [-0.1, -0.05) is 6.42 Å². The first-order chi connectivity index (χ1) is 13.7. The zero-order valence-electron chi connectivity index (χ0n) is 17.5. The van der Waals surface area contributed by atoms with E-state index in [0.717, 1.165) is 75.8 Å². The number of likely N-dealkylation sites (tertiary alicyclic amines) is 1. The van der Waals surface area contributed by atoms with Gasteiger partial charge >= 0.3 is 0 Å². The smallest absolute Gasteiger partial charge is 0.245 e. The highest BCUT2D eigenvalue weighted by Gasteiger charge is 2.48. The molecular weight excluding hydrogens is 348 g/mol. The molecule has 0 aromatic heterocycles. The van der Waals surface area contributed by atoms with E-state index >= 15 is 0 Å². The van der Waals surface area contributed by atoms with Gasteiger partial charge in [-0.25, -0.2) is 0 Å². The molecule has 6 aliphatic rings. The number of piperidine rings is 2. The number of nitrogens with zero attached hydrogens (tertiary/aromatic N) is 2. The number of amides is 2. The molecule has 2 amide bonds. The molecule has 0 spiro atoms. The van der Waals surface area contributed by atoms with Crippen LogP contribution in [-0.2, 0) is 9.59 Å². The summed E-state index contributed by atoms with van der Waals surface area (Å²) in [6.45, 7) is 1.80. The SMILES string of the molecule is O=C([C@@H]1C2CCC(CC2)N1C(=O)CCCCC(C1CC1)C1CC1)N1CCCC1. The highest BCUT2D eigenvalue weighted by molar-refractivity contribution is 5.89. The summed E-state index contributed by atoms with van der Waals surface area (Å²) < 4.78 is 0. The number of unbranched alkanes of at least 4 members (excludes halogenated alkanes) is 1. The largest absolute Gasteiger partial charge is 0.341 e. The third-order valence-corrected chi connectivity index (χ3v) is 8.47. The van der Waals surface area contributed by atoms with Gasteiger partial charge in [0.15, 0.2) is 0 Å². The van der Waals surface area contributed by atoms with Crippen LogP contribution in [0.25, 0.3) is 0 Å². The lowest BCUT2D eigenvalue weighted by atomic mass is 9.74. The molecular formula is C24H38N2O2. The van der Waals surface area contributed by atoms with Crippen LogP contribution in [0.2, 0.25) is 0 Å². The summed E-state index contributed by atoms with van der Waals surface area (Å²) in [5.41, 5.74) is 0. The zero-order valence-corrected chi connectivity index (χ0v) is 17.5. The minimum Gasteiger partial charge on any atom is -0.341 e. The van der Waals surface area contributed by atoms with Gasteiger partial charge in [-0.05, 0) is 101 Å². The lowest BCUT2D eigenvalue weighted by Crippen LogP contribution is -2.62. The van der Waals surface area contributed by atoms with E-state index in [0.29, 0.717) is 18.4 Å². The summed E-state index contributed by atoms with van der Waals surface area (Å²) in [6, 6.07) is 0.198. The Bertz CT molecular complexity index is 571. The van der Waals surface area contributed by atoms with Crippen molar-refractivity contribution in [2.24, 2.45) is 23.7 Å². The van der Waals surface area contributed by atoms with E-state index in [4.69, 9.17) is 0 Å². The fourth-order valence-corrected chi connectivity index (χ4v) is 6.64. The summed E-state index contributed by atoms with van der Waals surface area (Å²) in [6.07, 6.45) is 16.8. The first kappa shape index (κ1) is 18.9. The van der Waals surface area contributed by atoms with Gasteiger partial charge in [0.05, 0.1) is 0 Å². The molecule has 0 aromatic carbocycles. The van der Waals surface area contributed by atoms with Crippen molar-refractivity contribution in [1.29, 1.82) is 0 Å². The Kier molecular flexibility index (Phi) is 5.40. The Balaban J connectivity index is 1.16. The number of hydrogen-bond donors (Lipinski definition) is 0. The van der Waals surface area contributed by atoms with Crippen LogP contribution in [0.3, 0.4) is 0 Å². The summed E-state index contributed by atoms with van der Waals surface area (Å²) in [5, 5.41) is 0. The second-order valence-electron chi connectivity index (χ2n) is 10.4. The van der Waals surface area contributed by atoms with Crippen molar-refractivity contribution in [3.05, 3.63) is 0 Å². The molecule has 0 N–H and O–H groups in total. The molecule has 6 rings (SSSR count). The normalized spacial score (nSPS) is 32.4. The molecule has 156 valence electrons. The average molecular weight is 387 g/mol. The number of hydrogen-bond acceptors (Lipinski definition) is 2. The lowest BCUT2D eigenvalue weighted by Gasteiger charge is -2.51. The Morgan fingerprint density at radius 1 is 0.821 bits per heavy atom. The van der Waals surface area contributed by atoms with Crippen LogP contribution in [0.15, 0.2) is 0 Å². The molecule has 0 radical (unpaired) electrons. The van der Waals surface area contributed by atoms with Crippen LogP contribution in [0.4, 0.5) is 0 Å². The second kappa shape index (κ2) is 7.99. The Labute approximate surface area is 170 Å². The topological polar surface area (TPSA) is 40.6 Å². The number of fused-ring (bicyclic) bond motifs is 3. The first-order valence-corrected chi connectivity index (χ1v) is 12.3. The predicted octanol–water partition coefficient (Wildman–Crippen LogP) is 4.38. The van der Waals surface area contributed by atoms with E-state index in [2.05, 4.69) is 4.90 Å². The van der Waals surface area contributed by atoms with Crippen molar-refractivity contribution in [3.63, 3.8) is 0 Å². The predicted molar refractivity (Wildman–Crippen MR) is 110 cm³/mol. The van der Waals surface area contributed by atoms with E-state index in [1.807, 2.05) is 4.90 Å². The molecule has 0 unspecified atom stereocenters. The Morgan fingerprint density at radius 3 is 2.07 bits per heavy atom. The standard InChI is InChI=1S/C24H38N2O2/c27-22(6-2-1-5-21(17-7-8-17)18-9-10-18)26-20-13-11-19(12-14-20)23(26)24(28)25-15-3-4-16-25/h17-21,23H,1-16H2/t19?,20?,23-/m0/s1. The van der Waals surface area contributed by atoms with Crippen LogP contribution >= 0.6 is 0 Å². The first-order valence-electron chi connectivity index (χ1n) is 12.3. The highest BCUT2D eigenvalue weighted by atomic mass is 16.2. The molecule has 3 aliphatic carbocycles. The van der Waals surface area contributed by atoms with Crippen molar-refractivity contribution < 1.29 is 9.59 Å². The average Bonchev–Trinajstić information content (AvgIpc) is 3.67. The van der Waals surface area contributed by atoms with Crippen molar-refractivity contribution in [1.82, 2.24) is 9.80 Å². The van der Waals surface area contributed by atoms with E-state index < -0.39 is 0 Å². The van der Waals surface area contributed by atoms with Gasteiger partial charge < -0.3 is 9.80 Å². The van der Waals surface area contributed by atoms with E-state index in [-0.39, 0.29) is 17.9 Å². The van der Waals surface area contributed by atoms with Gasteiger partial charge in [-0.15, -0.1) is 0 Å². The minimum atomic E-state index is -0.135.